The summed E-state index contributed by atoms with van der Waals surface area (Å²) >= 11 is 0. The van der Waals surface area contributed by atoms with Gasteiger partial charge in [0, 0.05) is 31.2 Å². The molecule has 9 heteroatoms. The first kappa shape index (κ1) is 21.2. The minimum Gasteiger partial charge on any atom is -0.508 e. The molecule has 0 aliphatic heterocycles. The molecular weight excluding hydrogens is 438 g/mol. The number of phenolic OH excluding ortho intramolecular Hbond substituents is 2. The van der Waals surface area contributed by atoms with Gasteiger partial charge in [-0.2, -0.15) is 0 Å². The van der Waals surface area contributed by atoms with Crippen molar-refractivity contribution in [3.05, 3.63) is 70.8 Å². The summed E-state index contributed by atoms with van der Waals surface area (Å²) < 4.78 is 13.0. The van der Waals surface area contributed by atoms with Crippen LogP contribution in [0.15, 0.2) is 65.1 Å². The summed E-state index contributed by atoms with van der Waals surface area (Å²) in [7, 11) is 5.11. The number of phenols is 2. The Labute approximate surface area is 193 Å². The molecule has 172 valence electrons. The number of hydrogen-bond donors (Lipinski definition) is 2. The fourth-order valence-corrected chi connectivity index (χ4v) is 4.29. The van der Waals surface area contributed by atoms with E-state index < -0.39 is 4.92 Å². The Balaban J connectivity index is 2.01. The number of aromatic nitrogens is 1. The second-order valence-corrected chi connectivity index (χ2v) is 8.05. The molecule has 9 nitrogen and oxygen atoms in total. The average molecular weight is 459 g/mol. The van der Waals surface area contributed by atoms with Crippen molar-refractivity contribution >= 4 is 33.4 Å². The molecule has 2 heterocycles. The van der Waals surface area contributed by atoms with Gasteiger partial charge in [-0.1, -0.05) is 0 Å². The lowest BCUT2D eigenvalue weighted by molar-refractivity contribution is -0.382. The van der Waals surface area contributed by atoms with Crippen LogP contribution in [0.1, 0.15) is 0 Å². The summed E-state index contributed by atoms with van der Waals surface area (Å²) in [5, 5.41) is 33.8. The molecule has 0 bridgehead atoms. The third kappa shape index (κ3) is 3.17. The Bertz CT molecular complexity index is 1560. The number of aromatic hydroxyl groups is 2. The van der Waals surface area contributed by atoms with E-state index in [1.54, 1.807) is 61.0 Å². The van der Waals surface area contributed by atoms with Crippen molar-refractivity contribution < 1.29 is 24.3 Å². The number of nitrogens with zero attached hydrogens (tertiary/aromatic N) is 3. The van der Waals surface area contributed by atoms with Crippen molar-refractivity contribution in [1.82, 2.24) is 4.57 Å². The Morgan fingerprint density at radius 3 is 2.29 bits per heavy atom. The second kappa shape index (κ2) is 7.73. The van der Waals surface area contributed by atoms with Crippen LogP contribution in [0.2, 0.25) is 0 Å². The topological polar surface area (TPSA) is 114 Å². The highest BCUT2D eigenvalue weighted by molar-refractivity contribution is 6.09. The Kier molecular flexibility index (Phi) is 4.82. The average Bonchev–Trinajstić information content (AvgIpc) is 3.34. The fourth-order valence-electron chi connectivity index (χ4n) is 4.29. The first-order valence-corrected chi connectivity index (χ1v) is 10.4. The standard InChI is InChI=1S/C25H21N3O6/c1-26(2)25-22(19-12-15(29)7-11-21(19)34-25)24-23(28(31)32)18-10-6-16(30)13-20(18)27(24)14-4-8-17(33-3)9-5-14/h4-13,29-30H,1-3H3. The third-order valence-corrected chi connectivity index (χ3v) is 5.73. The van der Waals surface area contributed by atoms with Gasteiger partial charge in [0.15, 0.2) is 0 Å². The van der Waals surface area contributed by atoms with Crippen molar-refractivity contribution in [2.24, 2.45) is 0 Å². The summed E-state index contributed by atoms with van der Waals surface area (Å²) in [5.41, 5.74) is 2.13. The highest BCUT2D eigenvalue weighted by Gasteiger charge is 2.33. The summed E-state index contributed by atoms with van der Waals surface area (Å²) in [6.07, 6.45) is 0. The van der Waals surface area contributed by atoms with Crippen LogP contribution >= 0.6 is 0 Å². The van der Waals surface area contributed by atoms with Gasteiger partial charge in [-0.15, -0.1) is 0 Å². The van der Waals surface area contributed by atoms with E-state index in [0.29, 0.717) is 44.8 Å². The minimum atomic E-state index is -0.435. The molecule has 3 aromatic carbocycles. The Morgan fingerprint density at radius 1 is 0.971 bits per heavy atom. The van der Waals surface area contributed by atoms with E-state index in [1.807, 2.05) is 0 Å². The summed E-state index contributed by atoms with van der Waals surface area (Å²) in [6.45, 7) is 0. The molecule has 2 N–H and O–H groups in total. The highest BCUT2D eigenvalue weighted by atomic mass is 16.6. The number of anilines is 1. The third-order valence-electron chi connectivity index (χ3n) is 5.73. The zero-order chi connectivity index (χ0) is 24.1. The minimum absolute atomic E-state index is 0.00672. The maximum atomic E-state index is 12.5. The predicted molar refractivity (Wildman–Crippen MR) is 129 cm³/mol. The monoisotopic (exact) mass is 459 g/mol. The lowest BCUT2D eigenvalue weighted by atomic mass is 10.1. The second-order valence-electron chi connectivity index (χ2n) is 8.05. The van der Waals surface area contributed by atoms with E-state index in [2.05, 4.69) is 0 Å². The molecule has 5 aromatic rings. The van der Waals surface area contributed by atoms with Gasteiger partial charge in [-0.3, -0.25) is 10.1 Å². The van der Waals surface area contributed by atoms with E-state index in [1.165, 1.54) is 30.3 Å². The molecule has 0 saturated carbocycles. The Morgan fingerprint density at radius 2 is 1.65 bits per heavy atom. The van der Waals surface area contributed by atoms with Gasteiger partial charge >= 0.3 is 5.69 Å². The van der Waals surface area contributed by atoms with E-state index >= 15 is 0 Å². The van der Waals surface area contributed by atoms with Crippen LogP contribution in [0, 0.1) is 10.1 Å². The Hall–Kier alpha value is -4.66. The molecule has 0 atom stereocenters. The van der Waals surface area contributed by atoms with Crippen LogP contribution in [0.4, 0.5) is 11.6 Å². The number of methoxy groups -OCH3 is 1. The summed E-state index contributed by atoms with van der Waals surface area (Å²) in [5.74, 6) is 1.01. The zero-order valence-corrected chi connectivity index (χ0v) is 18.6. The van der Waals surface area contributed by atoms with Gasteiger partial charge in [0.2, 0.25) is 5.88 Å². The van der Waals surface area contributed by atoms with Gasteiger partial charge in [0.05, 0.1) is 28.5 Å². The lowest BCUT2D eigenvalue weighted by Crippen LogP contribution is -2.09. The molecule has 0 aliphatic rings. The van der Waals surface area contributed by atoms with Crippen molar-refractivity contribution in [2.45, 2.75) is 0 Å². The number of benzene rings is 3. The van der Waals surface area contributed by atoms with E-state index in [9.17, 15) is 20.3 Å². The van der Waals surface area contributed by atoms with E-state index in [-0.39, 0.29) is 22.9 Å². The number of hydrogen-bond acceptors (Lipinski definition) is 7. The van der Waals surface area contributed by atoms with Crippen molar-refractivity contribution in [3.63, 3.8) is 0 Å². The predicted octanol–water partition coefficient (Wildman–Crippen LogP) is 5.44. The van der Waals surface area contributed by atoms with Gasteiger partial charge in [-0.25, -0.2) is 0 Å². The van der Waals surface area contributed by atoms with Gasteiger partial charge < -0.3 is 28.8 Å². The molecule has 0 saturated heterocycles. The molecular formula is C25H21N3O6. The van der Waals surface area contributed by atoms with Crippen molar-refractivity contribution in [3.8, 4) is 34.2 Å². The van der Waals surface area contributed by atoms with Crippen LogP contribution in [0.5, 0.6) is 17.2 Å². The van der Waals surface area contributed by atoms with Crippen LogP contribution in [0.3, 0.4) is 0 Å². The van der Waals surface area contributed by atoms with E-state index in [4.69, 9.17) is 9.15 Å². The molecule has 0 spiro atoms. The maximum Gasteiger partial charge on any atom is 0.303 e. The quantitative estimate of drug-likeness (QED) is 0.266. The number of rotatable bonds is 5. The van der Waals surface area contributed by atoms with Crippen LogP contribution < -0.4 is 9.64 Å². The SMILES string of the molecule is COc1ccc(-n2c(-c3c(N(C)C)oc4ccc(O)cc34)c([N+](=O)[O-])c3ccc(O)cc32)cc1. The molecule has 2 aromatic heterocycles. The first-order valence-electron chi connectivity index (χ1n) is 10.4. The normalized spacial score (nSPS) is 11.3. The van der Waals surface area contributed by atoms with Crippen molar-refractivity contribution in [1.29, 1.82) is 0 Å². The first-order chi connectivity index (χ1) is 16.3. The van der Waals surface area contributed by atoms with Crippen LogP contribution in [-0.2, 0) is 0 Å². The zero-order valence-electron chi connectivity index (χ0n) is 18.6. The van der Waals surface area contributed by atoms with Gasteiger partial charge in [0.1, 0.15) is 28.5 Å². The number of furan rings is 1. The largest absolute Gasteiger partial charge is 0.508 e. The molecule has 0 aliphatic carbocycles. The molecule has 0 fully saturated rings. The summed E-state index contributed by atoms with van der Waals surface area (Å²) in [4.78, 5) is 13.8. The fraction of sp³-hybridized carbons (Fsp3) is 0.120. The maximum absolute atomic E-state index is 12.5. The number of nitro groups is 1. The van der Waals surface area contributed by atoms with Crippen LogP contribution in [0.25, 0.3) is 38.8 Å². The molecule has 0 amide bonds. The highest BCUT2D eigenvalue weighted by Crippen LogP contribution is 2.49. The molecule has 5 rings (SSSR count). The van der Waals surface area contributed by atoms with E-state index in [0.717, 1.165) is 0 Å². The molecule has 0 radical (unpaired) electrons. The number of ether oxygens (including phenoxy) is 1. The lowest BCUT2D eigenvalue weighted by Gasteiger charge is -2.14. The van der Waals surface area contributed by atoms with Gasteiger partial charge in [-0.05, 0) is 54.6 Å². The number of fused-ring (bicyclic) bond motifs is 2. The van der Waals surface area contributed by atoms with Crippen LogP contribution in [-0.4, -0.2) is 40.9 Å². The van der Waals surface area contributed by atoms with Gasteiger partial charge in [0.25, 0.3) is 0 Å². The smallest absolute Gasteiger partial charge is 0.303 e. The summed E-state index contributed by atoms with van der Waals surface area (Å²) in [6, 6.07) is 16.2. The molecule has 0 unspecified atom stereocenters. The molecule has 34 heavy (non-hydrogen) atoms. The van der Waals surface area contributed by atoms with Crippen molar-refractivity contribution in [2.75, 3.05) is 26.1 Å².